The van der Waals surface area contributed by atoms with E-state index in [1.54, 1.807) is 0 Å². The Morgan fingerprint density at radius 2 is 1.14 bits per heavy atom. The zero-order chi connectivity index (χ0) is 16.5. The summed E-state index contributed by atoms with van der Waals surface area (Å²) in [5, 5.41) is 33.8. The van der Waals surface area contributed by atoms with Gasteiger partial charge in [0.25, 0.3) is 0 Å². The second-order valence-electron chi connectivity index (χ2n) is 6.25. The number of hydroxylamine groups is 2. The molecule has 1 aliphatic rings. The third-order valence-electron chi connectivity index (χ3n) is 5.80. The normalized spacial score (nSPS) is 19.4. The van der Waals surface area contributed by atoms with Crippen LogP contribution in [0.1, 0.15) is 75.6 Å². The summed E-state index contributed by atoms with van der Waals surface area (Å²) in [4.78, 5) is 0. The molecule has 0 aliphatic carbocycles. The van der Waals surface area contributed by atoms with E-state index in [0.717, 1.165) is 47.9 Å². The number of hydrogen-bond acceptors (Lipinski definition) is 3. The first kappa shape index (κ1) is 17.4. The summed E-state index contributed by atoms with van der Waals surface area (Å²) in [5.74, 6) is 0. The average Bonchev–Trinajstić information content (AvgIpc) is 2.78. The van der Waals surface area contributed by atoms with Crippen molar-refractivity contribution in [2.24, 2.45) is 0 Å². The van der Waals surface area contributed by atoms with Gasteiger partial charge in [-0.2, -0.15) is 0 Å². The molecule has 22 heavy (non-hydrogen) atoms. The van der Waals surface area contributed by atoms with E-state index in [4.69, 9.17) is 0 Å². The molecule has 0 unspecified atom stereocenters. The van der Waals surface area contributed by atoms with Crippen molar-refractivity contribution < 1.29 is 15.4 Å². The highest BCUT2D eigenvalue weighted by atomic mass is 16.5. The van der Waals surface area contributed by atoms with Gasteiger partial charge in [0.1, 0.15) is 0 Å². The lowest BCUT2D eigenvalue weighted by Gasteiger charge is -2.40. The van der Waals surface area contributed by atoms with Gasteiger partial charge in [0.05, 0.1) is 24.3 Å². The van der Waals surface area contributed by atoms with Gasteiger partial charge in [-0.3, -0.25) is 0 Å². The van der Waals surface area contributed by atoms with Gasteiger partial charge in [-0.25, -0.2) is 0 Å². The van der Waals surface area contributed by atoms with E-state index in [0.29, 0.717) is 0 Å². The summed E-state index contributed by atoms with van der Waals surface area (Å²) < 4.78 is 0. The lowest BCUT2D eigenvalue weighted by atomic mass is 9.80. The van der Waals surface area contributed by atoms with Gasteiger partial charge in [-0.1, -0.05) is 39.8 Å². The maximum absolute atomic E-state index is 13.3. The monoisotopic (exact) mass is 306 g/mol. The van der Waals surface area contributed by atoms with Crippen LogP contribution in [0.25, 0.3) is 0 Å². The maximum Gasteiger partial charge on any atom is 0.0750 e. The van der Waals surface area contributed by atoms with Crippen molar-refractivity contribution in [3.8, 4) is 0 Å². The molecular formula is C18H28NO3. The Bertz CT molecular complexity index is 486. The molecule has 123 valence electrons. The van der Waals surface area contributed by atoms with Gasteiger partial charge < -0.3 is 10.2 Å². The van der Waals surface area contributed by atoms with E-state index in [-0.39, 0.29) is 13.2 Å². The second kappa shape index (κ2) is 6.28. The van der Waals surface area contributed by atoms with E-state index < -0.39 is 11.1 Å². The van der Waals surface area contributed by atoms with Crippen molar-refractivity contribution in [3.63, 3.8) is 0 Å². The lowest BCUT2D eigenvalue weighted by Crippen LogP contribution is -2.47. The summed E-state index contributed by atoms with van der Waals surface area (Å²) in [5.41, 5.74) is 2.47. The molecule has 0 aromatic heterocycles. The molecule has 0 fully saturated rings. The van der Waals surface area contributed by atoms with Gasteiger partial charge in [-0.15, -0.1) is 10.3 Å². The second-order valence-corrected chi connectivity index (χ2v) is 6.25. The minimum Gasteiger partial charge on any atom is -0.392 e. The van der Waals surface area contributed by atoms with Crippen LogP contribution in [-0.2, 0) is 29.5 Å². The van der Waals surface area contributed by atoms with Crippen molar-refractivity contribution >= 4 is 0 Å². The molecule has 2 N–H and O–H groups in total. The van der Waals surface area contributed by atoms with Crippen LogP contribution in [-0.4, -0.2) is 15.3 Å². The Morgan fingerprint density at radius 1 is 0.818 bits per heavy atom. The van der Waals surface area contributed by atoms with Gasteiger partial charge in [0.15, 0.2) is 0 Å². The third-order valence-corrected chi connectivity index (χ3v) is 5.80. The first-order chi connectivity index (χ1) is 10.5. The molecule has 4 heteroatoms. The van der Waals surface area contributed by atoms with Crippen LogP contribution >= 0.6 is 0 Å². The minimum atomic E-state index is -0.529. The highest BCUT2D eigenvalue weighted by Gasteiger charge is 2.56. The summed E-state index contributed by atoms with van der Waals surface area (Å²) in [6.07, 6.45) is 2.96. The van der Waals surface area contributed by atoms with Gasteiger partial charge in [0.2, 0.25) is 0 Å². The third kappa shape index (κ3) is 2.05. The molecule has 1 aromatic rings. The standard InChI is InChI=1S/C18H28NO3/c1-5-17(6-2)15-9-13(11-20)14(12-21)10-16(15)18(7-3,8-4)19(17)22/h9-10,20-21H,5-8,11-12H2,1-4H3. The van der Waals surface area contributed by atoms with Crippen molar-refractivity contribution in [3.05, 3.63) is 34.4 Å². The van der Waals surface area contributed by atoms with Crippen LogP contribution in [0, 0.1) is 0 Å². The Balaban J connectivity index is 2.81. The molecule has 1 radical (unpaired) electrons. The van der Waals surface area contributed by atoms with Crippen LogP contribution in [0.15, 0.2) is 12.1 Å². The topological polar surface area (TPSA) is 63.6 Å². The van der Waals surface area contributed by atoms with Gasteiger partial charge >= 0.3 is 0 Å². The Morgan fingerprint density at radius 3 is 1.36 bits per heavy atom. The van der Waals surface area contributed by atoms with Crippen LogP contribution in [0.2, 0.25) is 0 Å². The first-order valence-electron chi connectivity index (χ1n) is 8.37. The smallest absolute Gasteiger partial charge is 0.0750 e. The molecule has 0 spiro atoms. The molecule has 0 saturated carbocycles. The molecule has 0 amide bonds. The van der Waals surface area contributed by atoms with Gasteiger partial charge in [-0.05, 0) is 47.9 Å². The Kier molecular flexibility index (Phi) is 4.97. The minimum absolute atomic E-state index is 0.114. The predicted molar refractivity (Wildman–Crippen MR) is 85.3 cm³/mol. The predicted octanol–water partition coefficient (Wildman–Crippen LogP) is 3.36. The fourth-order valence-corrected chi connectivity index (χ4v) is 4.22. The number of nitrogens with zero attached hydrogens (tertiary/aromatic N) is 1. The zero-order valence-electron chi connectivity index (χ0n) is 14.1. The number of benzene rings is 1. The molecule has 0 saturated heterocycles. The molecule has 1 heterocycles. The van der Waals surface area contributed by atoms with Crippen molar-refractivity contribution in [2.75, 3.05) is 0 Å². The number of aliphatic hydroxyl groups excluding tert-OH is 2. The highest BCUT2D eigenvalue weighted by Crippen LogP contribution is 2.55. The Labute approximate surface area is 133 Å². The molecule has 1 aliphatic heterocycles. The van der Waals surface area contributed by atoms with Crippen molar-refractivity contribution in [2.45, 2.75) is 77.7 Å². The quantitative estimate of drug-likeness (QED) is 0.847. The van der Waals surface area contributed by atoms with E-state index >= 15 is 0 Å². The van der Waals surface area contributed by atoms with E-state index in [1.807, 2.05) is 12.1 Å². The van der Waals surface area contributed by atoms with Crippen molar-refractivity contribution in [1.82, 2.24) is 5.06 Å². The van der Waals surface area contributed by atoms with E-state index in [9.17, 15) is 15.4 Å². The van der Waals surface area contributed by atoms with E-state index in [2.05, 4.69) is 27.7 Å². The largest absolute Gasteiger partial charge is 0.392 e. The number of fused-ring (bicyclic) bond motifs is 1. The van der Waals surface area contributed by atoms with Crippen LogP contribution in [0.3, 0.4) is 0 Å². The zero-order valence-corrected chi connectivity index (χ0v) is 14.1. The van der Waals surface area contributed by atoms with E-state index in [1.165, 1.54) is 5.06 Å². The SMILES string of the molecule is CCC1(CC)c2cc(CO)c(CO)cc2C(CC)(CC)N1[O]. The number of hydrogen-bond donors (Lipinski definition) is 2. The van der Waals surface area contributed by atoms with Crippen molar-refractivity contribution in [1.29, 1.82) is 0 Å². The van der Waals surface area contributed by atoms with Gasteiger partial charge in [0, 0.05) is 0 Å². The Hall–Kier alpha value is -0.940. The first-order valence-corrected chi connectivity index (χ1v) is 8.37. The fourth-order valence-electron chi connectivity index (χ4n) is 4.22. The van der Waals surface area contributed by atoms with Crippen LogP contribution in [0.5, 0.6) is 0 Å². The average molecular weight is 306 g/mol. The van der Waals surface area contributed by atoms with Crippen LogP contribution < -0.4 is 0 Å². The molecular weight excluding hydrogens is 278 g/mol. The summed E-state index contributed by atoms with van der Waals surface area (Å²) in [7, 11) is 0. The summed E-state index contributed by atoms with van der Waals surface area (Å²) >= 11 is 0. The molecule has 0 atom stereocenters. The molecule has 1 aromatic carbocycles. The summed E-state index contributed by atoms with van der Waals surface area (Å²) in [6.45, 7) is 7.99. The lowest BCUT2D eigenvalue weighted by molar-refractivity contribution is -0.287. The summed E-state index contributed by atoms with van der Waals surface area (Å²) in [6, 6.07) is 3.90. The van der Waals surface area contributed by atoms with Crippen LogP contribution in [0.4, 0.5) is 0 Å². The molecule has 0 bridgehead atoms. The number of aliphatic hydroxyl groups is 2. The fraction of sp³-hybridized carbons (Fsp3) is 0.667. The molecule has 2 rings (SSSR count). The molecule has 4 nitrogen and oxygen atoms in total. The highest BCUT2D eigenvalue weighted by molar-refractivity contribution is 5.49. The number of rotatable bonds is 6. The maximum atomic E-state index is 13.3.